The second kappa shape index (κ2) is 8.52. The SMILES string of the molecule is CCCC(NC(=O)CSc1nnc(C2CC2)n1CC)c1ccccc1. The first-order chi connectivity index (χ1) is 12.2. The molecular weight excluding hydrogens is 332 g/mol. The van der Waals surface area contributed by atoms with E-state index in [1.165, 1.54) is 24.6 Å². The molecule has 1 saturated carbocycles. The predicted molar refractivity (Wildman–Crippen MR) is 101 cm³/mol. The van der Waals surface area contributed by atoms with E-state index in [2.05, 4.69) is 46.1 Å². The lowest BCUT2D eigenvalue weighted by molar-refractivity contribution is -0.119. The summed E-state index contributed by atoms with van der Waals surface area (Å²) in [4.78, 5) is 12.4. The maximum Gasteiger partial charge on any atom is 0.230 e. The zero-order valence-corrected chi connectivity index (χ0v) is 15.8. The van der Waals surface area contributed by atoms with Gasteiger partial charge in [-0.1, -0.05) is 55.4 Å². The summed E-state index contributed by atoms with van der Waals surface area (Å²) in [6.07, 6.45) is 4.39. The van der Waals surface area contributed by atoms with Gasteiger partial charge in [0.05, 0.1) is 11.8 Å². The van der Waals surface area contributed by atoms with Crippen molar-refractivity contribution in [2.24, 2.45) is 0 Å². The van der Waals surface area contributed by atoms with Crippen LogP contribution >= 0.6 is 11.8 Å². The van der Waals surface area contributed by atoms with Crippen LogP contribution in [0.1, 0.15) is 62.9 Å². The molecular formula is C19H26N4OS. The molecule has 25 heavy (non-hydrogen) atoms. The number of thioether (sulfide) groups is 1. The Labute approximate surface area is 153 Å². The third kappa shape index (κ3) is 4.63. The first-order valence-electron chi connectivity index (χ1n) is 9.13. The molecule has 0 bridgehead atoms. The van der Waals surface area contributed by atoms with Gasteiger partial charge in [-0.25, -0.2) is 0 Å². The molecule has 1 heterocycles. The first-order valence-corrected chi connectivity index (χ1v) is 10.1. The van der Waals surface area contributed by atoms with Gasteiger partial charge in [0.15, 0.2) is 5.16 Å². The number of carbonyl (C=O) groups is 1. The largest absolute Gasteiger partial charge is 0.349 e. The number of aromatic nitrogens is 3. The molecule has 1 amide bonds. The Hall–Kier alpha value is -1.82. The lowest BCUT2D eigenvalue weighted by Crippen LogP contribution is -2.30. The van der Waals surface area contributed by atoms with Gasteiger partial charge in [0.25, 0.3) is 0 Å². The summed E-state index contributed by atoms with van der Waals surface area (Å²) < 4.78 is 2.15. The Morgan fingerprint density at radius 2 is 2.04 bits per heavy atom. The van der Waals surface area contributed by atoms with Gasteiger partial charge in [-0.2, -0.15) is 0 Å². The molecule has 1 N–H and O–H groups in total. The van der Waals surface area contributed by atoms with Gasteiger partial charge in [0.1, 0.15) is 5.82 Å². The maximum absolute atomic E-state index is 12.4. The molecule has 0 aliphatic heterocycles. The number of rotatable bonds is 9. The molecule has 1 aromatic carbocycles. The van der Waals surface area contributed by atoms with Gasteiger partial charge in [-0.3, -0.25) is 4.79 Å². The smallest absolute Gasteiger partial charge is 0.230 e. The maximum atomic E-state index is 12.4. The summed E-state index contributed by atoms with van der Waals surface area (Å²) in [5.74, 6) is 2.07. The fourth-order valence-corrected chi connectivity index (χ4v) is 3.83. The quantitative estimate of drug-likeness (QED) is 0.690. The molecule has 1 fully saturated rings. The number of hydrogen-bond donors (Lipinski definition) is 1. The highest BCUT2D eigenvalue weighted by atomic mass is 32.2. The van der Waals surface area contributed by atoms with Crippen LogP contribution in [0.2, 0.25) is 0 Å². The van der Waals surface area contributed by atoms with Crippen LogP contribution in [-0.4, -0.2) is 26.4 Å². The van der Waals surface area contributed by atoms with Crippen LogP contribution in [0.4, 0.5) is 0 Å². The fourth-order valence-electron chi connectivity index (χ4n) is 3.01. The zero-order chi connectivity index (χ0) is 17.6. The Balaban J connectivity index is 1.58. The van der Waals surface area contributed by atoms with Crippen molar-refractivity contribution in [3.63, 3.8) is 0 Å². The van der Waals surface area contributed by atoms with Crippen LogP contribution in [0.5, 0.6) is 0 Å². The van der Waals surface area contributed by atoms with Crippen LogP contribution in [0.3, 0.4) is 0 Å². The molecule has 1 unspecified atom stereocenters. The van der Waals surface area contributed by atoms with Gasteiger partial charge in [-0.05, 0) is 31.7 Å². The van der Waals surface area contributed by atoms with E-state index >= 15 is 0 Å². The molecule has 6 heteroatoms. The van der Waals surface area contributed by atoms with Crippen molar-refractivity contribution in [2.45, 2.75) is 63.2 Å². The van der Waals surface area contributed by atoms with Crippen molar-refractivity contribution in [1.82, 2.24) is 20.1 Å². The van der Waals surface area contributed by atoms with Gasteiger partial charge < -0.3 is 9.88 Å². The highest BCUT2D eigenvalue weighted by molar-refractivity contribution is 7.99. The molecule has 1 atom stereocenters. The topological polar surface area (TPSA) is 59.8 Å². The Morgan fingerprint density at radius 1 is 1.28 bits per heavy atom. The van der Waals surface area contributed by atoms with Crippen LogP contribution in [-0.2, 0) is 11.3 Å². The van der Waals surface area contributed by atoms with E-state index in [1.807, 2.05) is 18.2 Å². The zero-order valence-electron chi connectivity index (χ0n) is 14.9. The minimum Gasteiger partial charge on any atom is -0.349 e. The average Bonchev–Trinajstić information content (AvgIpc) is 3.40. The highest BCUT2D eigenvalue weighted by Crippen LogP contribution is 2.39. The third-order valence-electron chi connectivity index (χ3n) is 4.45. The molecule has 0 spiro atoms. The van der Waals surface area contributed by atoms with Crippen LogP contribution < -0.4 is 5.32 Å². The molecule has 1 aromatic heterocycles. The predicted octanol–water partition coefficient (Wildman–Crippen LogP) is 3.93. The molecule has 5 nitrogen and oxygen atoms in total. The number of amides is 1. The van der Waals surface area contributed by atoms with E-state index in [9.17, 15) is 4.79 Å². The molecule has 134 valence electrons. The van der Waals surface area contributed by atoms with Crippen LogP contribution in [0, 0.1) is 0 Å². The summed E-state index contributed by atoms with van der Waals surface area (Å²) in [5, 5.41) is 12.6. The second-order valence-electron chi connectivity index (χ2n) is 6.47. The minimum absolute atomic E-state index is 0.0472. The minimum atomic E-state index is 0.0472. The lowest BCUT2D eigenvalue weighted by atomic mass is 10.0. The molecule has 3 rings (SSSR count). The number of carbonyl (C=O) groups excluding carboxylic acids is 1. The average molecular weight is 359 g/mol. The number of nitrogens with zero attached hydrogens (tertiary/aromatic N) is 3. The van der Waals surface area contributed by atoms with Crippen molar-refractivity contribution >= 4 is 17.7 Å². The monoisotopic (exact) mass is 358 g/mol. The van der Waals surface area contributed by atoms with Crippen molar-refractivity contribution < 1.29 is 4.79 Å². The van der Waals surface area contributed by atoms with E-state index < -0.39 is 0 Å². The molecule has 2 aromatic rings. The number of benzene rings is 1. The van der Waals surface area contributed by atoms with E-state index in [0.29, 0.717) is 11.7 Å². The summed E-state index contributed by atoms with van der Waals surface area (Å²) >= 11 is 1.48. The Kier molecular flexibility index (Phi) is 6.13. The summed E-state index contributed by atoms with van der Waals surface area (Å²) in [5.41, 5.74) is 1.16. The van der Waals surface area contributed by atoms with Crippen molar-refractivity contribution in [1.29, 1.82) is 0 Å². The van der Waals surface area contributed by atoms with Crippen molar-refractivity contribution in [3.05, 3.63) is 41.7 Å². The van der Waals surface area contributed by atoms with Crippen LogP contribution in [0.15, 0.2) is 35.5 Å². The molecule has 1 aliphatic rings. The Bertz CT molecular complexity index is 697. The summed E-state index contributed by atoms with van der Waals surface area (Å²) in [6.45, 7) is 5.09. The normalized spacial score (nSPS) is 15.1. The number of nitrogens with one attached hydrogen (secondary N) is 1. The summed E-state index contributed by atoms with van der Waals surface area (Å²) in [7, 11) is 0. The lowest BCUT2D eigenvalue weighted by Gasteiger charge is -2.18. The fraction of sp³-hybridized carbons (Fsp3) is 0.526. The second-order valence-corrected chi connectivity index (χ2v) is 7.41. The molecule has 1 aliphatic carbocycles. The van der Waals surface area contributed by atoms with E-state index in [1.54, 1.807) is 0 Å². The van der Waals surface area contributed by atoms with Crippen molar-refractivity contribution in [3.8, 4) is 0 Å². The standard InChI is InChI=1S/C19H26N4OS/c1-3-8-16(14-9-6-5-7-10-14)20-17(24)13-25-19-22-21-18(15-11-12-15)23(19)4-2/h5-7,9-10,15-16H,3-4,8,11-13H2,1-2H3,(H,20,24). The highest BCUT2D eigenvalue weighted by Gasteiger charge is 2.30. The van der Waals surface area contributed by atoms with Gasteiger partial charge in [-0.15, -0.1) is 10.2 Å². The summed E-state index contributed by atoms with van der Waals surface area (Å²) in [6, 6.07) is 10.3. The third-order valence-corrected chi connectivity index (χ3v) is 5.42. The van der Waals surface area contributed by atoms with Gasteiger partial charge >= 0.3 is 0 Å². The molecule has 0 saturated heterocycles. The van der Waals surface area contributed by atoms with E-state index in [0.717, 1.165) is 35.9 Å². The van der Waals surface area contributed by atoms with Gasteiger partial charge in [0, 0.05) is 12.5 Å². The Morgan fingerprint density at radius 3 is 2.68 bits per heavy atom. The van der Waals surface area contributed by atoms with Crippen LogP contribution in [0.25, 0.3) is 0 Å². The van der Waals surface area contributed by atoms with Crippen molar-refractivity contribution in [2.75, 3.05) is 5.75 Å². The van der Waals surface area contributed by atoms with E-state index in [-0.39, 0.29) is 11.9 Å². The number of hydrogen-bond acceptors (Lipinski definition) is 4. The van der Waals surface area contributed by atoms with Gasteiger partial charge in [0.2, 0.25) is 5.91 Å². The van der Waals surface area contributed by atoms with E-state index in [4.69, 9.17) is 0 Å². The molecule has 0 radical (unpaired) electrons. The first kappa shape index (κ1) is 18.0.